The highest BCUT2D eigenvalue weighted by Gasteiger charge is 2.32. The van der Waals surface area contributed by atoms with Gasteiger partial charge in [-0.3, -0.25) is 9.69 Å². The molecule has 1 aromatic carbocycles. The number of carbonyl (C=O) groups excluding carboxylic acids is 1. The molecule has 0 spiro atoms. The third-order valence-corrected chi connectivity index (χ3v) is 5.31. The first-order chi connectivity index (χ1) is 13.1. The molecule has 1 N–H and O–H groups in total. The number of nitrogens with one attached hydrogen (secondary N) is 1. The van der Waals surface area contributed by atoms with E-state index in [2.05, 4.69) is 15.5 Å². The molecule has 1 unspecified atom stereocenters. The number of nitrogens with zero attached hydrogens (tertiary/aromatic N) is 4. The SMILES string of the molecule is Cn1cnnc1Sc1ccc(CN2CCNC(=O)C2c2cccc(F)c2)o1. The molecule has 0 bridgehead atoms. The number of hydrogen-bond donors (Lipinski definition) is 1. The van der Waals surface area contributed by atoms with E-state index >= 15 is 0 Å². The minimum Gasteiger partial charge on any atom is -0.453 e. The standard InChI is InChI=1S/C18H18FN5O2S/c1-23-11-21-22-18(23)27-15-6-5-14(26-15)10-24-8-7-20-17(25)16(24)12-3-2-4-13(19)9-12/h2-6,9,11,16H,7-8,10H2,1H3,(H,20,25). The van der Waals surface area contributed by atoms with Crippen LogP contribution in [-0.2, 0) is 18.4 Å². The zero-order chi connectivity index (χ0) is 18.8. The van der Waals surface area contributed by atoms with Gasteiger partial charge in [0.1, 0.15) is 23.9 Å². The van der Waals surface area contributed by atoms with Crippen molar-refractivity contribution in [2.75, 3.05) is 13.1 Å². The molecule has 27 heavy (non-hydrogen) atoms. The maximum atomic E-state index is 13.6. The molecule has 9 heteroatoms. The van der Waals surface area contributed by atoms with Crippen molar-refractivity contribution in [1.82, 2.24) is 25.0 Å². The molecule has 0 aliphatic carbocycles. The molecule has 4 rings (SSSR count). The van der Waals surface area contributed by atoms with Gasteiger partial charge in [-0.15, -0.1) is 10.2 Å². The predicted molar refractivity (Wildman–Crippen MR) is 96.4 cm³/mol. The van der Waals surface area contributed by atoms with Crippen molar-refractivity contribution in [2.24, 2.45) is 7.05 Å². The number of furan rings is 1. The van der Waals surface area contributed by atoms with Crippen molar-refractivity contribution in [2.45, 2.75) is 22.8 Å². The van der Waals surface area contributed by atoms with Gasteiger partial charge in [-0.25, -0.2) is 4.39 Å². The van der Waals surface area contributed by atoms with Crippen molar-refractivity contribution < 1.29 is 13.6 Å². The Balaban J connectivity index is 1.52. The average molecular weight is 387 g/mol. The Kier molecular flexibility index (Phi) is 4.95. The summed E-state index contributed by atoms with van der Waals surface area (Å²) < 4.78 is 21.3. The fourth-order valence-corrected chi connectivity index (χ4v) is 3.82. The first-order valence-electron chi connectivity index (χ1n) is 8.48. The predicted octanol–water partition coefficient (Wildman–Crippen LogP) is 2.37. The molecule has 1 aliphatic rings. The van der Waals surface area contributed by atoms with Gasteiger partial charge in [-0.1, -0.05) is 12.1 Å². The van der Waals surface area contributed by atoms with Crippen molar-refractivity contribution in [3.8, 4) is 0 Å². The summed E-state index contributed by atoms with van der Waals surface area (Å²) in [5.41, 5.74) is 0.632. The van der Waals surface area contributed by atoms with E-state index in [1.54, 1.807) is 18.5 Å². The van der Waals surface area contributed by atoms with E-state index in [1.807, 2.05) is 28.6 Å². The summed E-state index contributed by atoms with van der Waals surface area (Å²) in [6.45, 7) is 1.65. The number of piperazine rings is 1. The lowest BCUT2D eigenvalue weighted by molar-refractivity contribution is -0.129. The summed E-state index contributed by atoms with van der Waals surface area (Å²) in [5.74, 6) is 0.244. The number of aromatic nitrogens is 3. The van der Waals surface area contributed by atoms with Crippen LogP contribution >= 0.6 is 11.8 Å². The van der Waals surface area contributed by atoms with Crippen LogP contribution < -0.4 is 5.32 Å². The molecule has 3 aromatic rings. The maximum Gasteiger partial charge on any atom is 0.242 e. The van der Waals surface area contributed by atoms with Crippen molar-refractivity contribution >= 4 is 17.7 Å². The number of hydrogen-bond acceptors (Lipinski definition) is 6. The van der Waals surface area contributed by atoms with Crippen molar-refractivity contribution in [1.29, 1.82) is 0 Å². The maximum absolute atomic E-state index is 13.6. The third-order valence-electron chi connectivity index (χ3n) is 4.33. The lowest BCUT2D eigenvalue weighted by Crippen LogP contribution is -2.49. The molecule has 0 saturated carbocycles. The van der Waals surface area contributed by atoms with E-state index < -0.39 is 6.04 Å². The minimum absolute atomic E-state index is 0.132. The summed E-state index contributed by atoms with van der Waals surface area (Å²) in [4.78, 5) is 14.4. The van der Waals surface area contributed by atoms with E-state index in [1.165, 1.54) is 23.9 Å². The highest BCUT2D eigenvalue weighted by Crippen LogP contribution is 2.30. The van der Waals surface area contributed by atoms with Gasteiger partial charge in [0.25, 0.3) is 0 Å². The summed E-state index contributed by atoms with van der Waals surface area (Å²) in [7, 11) is 1.86. The zero-order valence-electron chi connectivity index (χ0n) is 14.6. The second-order valence-electron chi connectivity index (χ2n) is 6.27. The van der Waals surface area contributed by atoms with Crippen LogP contribution in [0.25, 0.3) is 0 Å². The Morgan fingerprint density at radius 2 is 2.26 bits per heavy atom. The quantitative estimate of drug-likeness (QED) is 0.724. The average Bonchev–Trinajstić information content (AvgIpc) is 3.25. The Bertz CT molecular complexity index is 957. The normalized spacial score (nSPS) is 17.9. The van der Waals surface area contributed by atoms with Crippen LogP contribution in [0.2, 0.25) is 0 Å². The Morgan fingerprint density at radius 3 is 3.04 bits per heavy atom. The topological polar surface area (TPSA) is 76.2 Å². The molecule has 0 radical (unpaired) electrons. The minimum atomic E-state index is -0.547. The molecule has 1 atom stereocenters. The van der Waals surface area contributed by atoms with Crippen molar-refractivity contribution in [3.05, 3.63) is 59.9 Å². The van der Waals surface area contributed by atoms with E-state index in [0.29, 0.717) is 30.3 Å². The zero-order valence-corrected chi connectivity index (χ0v) is 15.4. The molecule has 1 amide bonds. The van der Waals surface area contributed by atoms with Gasteiger partial charge in [0.15, 0.2) is 10.2 Å². The molecule has 140 valence electrons. The van der Waals surface area contributed by atoms with Crippen LogP contribution in [0, 0.1) is 5.82 Å². The van der Waals surface area contributed by atoms with Gasteiger partial charge in [-0.2, -0.15) is 0 Å². The van der Waals surface area contributed by atoms with Gasteiger partial charge >= 0.3 is 0 Å². The number of benzene rings is 1. The van der Waals surface area contributed by atoms with Crippen LogP contribution in [0.1, 0.15) is 17.4 Å². The fraction of sp³-hybridized carbons (Fsp3) is 0.278. The van der Waals surface area contributed by atoms with E-state index in [9.17, 15) is 9.18 Å². The van der Waals surface area contributed by atoms with Gasteiger partial charge in [-0.05, 0) is 41.6 Å². The van der Waals surface area contributed by atoms with Crippen LogP contribution in [0.5, 0.6) is 0 Å². The Labute approximate surface area is 159 Å². The third kappa shape index (κ3) is 3.88. The second-order valence-corrected chi connectivity index (χ2v) is 7.24. The Morgan fingerprint density at radius 1 is 1.37 bits per heavy atom. The van der Waals surface area contributed by atoms with Crippen molar-refractivity contribution in [3.63, 3.8) is 0 Å². The van der Waals surface area contributed by atoms with E-state index in [4.69, 9.17) is 4.42 Å². The van der Waals surface area contributed by atoms with Gasteiger partial charge in [0, 0.05) is 20.1 Å². The molecule has 1 aliphatic heterocycles. The number of aryl methyl sites for hydroxylation is 1. The smallest absolute Gasteiger partial charge is 0.242 e. The van der Waals surface area contributed by atoms with Crippen LogP contribution in [-0.4, -0.2) is 38.7 Å². The summed E-state index contributed by atoms with van der Waals surface area (Å²) in [6, 6.07) is 9.37. The molecular weight excluding hydrogens is 369 g/mol. The first-order valence-corrected chi connectivity index (χ1v) is 9.29. The number of carbonyl (C=O) groups is 1. The van der Waals surface area contributed by atoms with E-state index in [-0.39, 0.29) is 11.7 Å². The summed E-state index contributed by atoms with van der Waals surface area (Å²) in [5, 5.41) is 12.1. The highest BCUT2D eigenvalue weighted by atomic mass is 32.2. The molecule has 1 saturated heterocycles. The summed E-state index contributed by atoms with van der Waals surface area (Å²) in [6.07, 6.45) is 1.63. The summed E-state index contributed by atoms with van der Waals surface area (Å²) >= 11 is 1.38. The number of rotatable bonds is 5. The molecular formula is C18H18FN5O2S. The first kappa shape index (κ1) is 17.7. The van der Waals surface area contributed by atoms with E-state index in [0.717, 1.165) is 10.9 Å². The van der Waals surface area contributed by atoms with Gasteiger partial charge in [0.05, 0.1) is 6.54 Å². The van der Waals surface area contributed by atoms with Crippen LogP contribution in [0.4, 0.5) is 4.39 Å². The number of amides is 1. The second kappa shape index (κ2) is 7.53. The van der Waals surface area contributed by atoms with Crippen LogP contribution in [0.15, 0.2) is 57.4 Å². The monoisotopic (exact) mass is 387 g/mol. The van der Waals surface area contributed by atoms with Gasteiger partial charge in [0.2, 0.25) is 5.91 Å². The number of halogens is 1. The molecule has 1 fully saturated rings. The largest absolute Gasteiger partial charge is 0.453 e. The highest BCUT2D eigenvalue weighted by molar-refractivity contribution is 7.99. The van der Waals surface area contributed by atoms with Crippen LogP contribution in [0.3, 0.4) is 0 Å². The molecule has 3 heterocycles. The van der Waals surface area contributed by atoms with Gasteiger partial charge < -0.3 is 14.3 Å². The molecule has 7 nitrogen and oxygen atoms in total. The Hall–Kier alpha value is -2.65. The lowest BCUT2D eigenvalue weighted by Gasteiger charge is -2.34. The lowest BCUT2D eigenvalue weighted by atomic mass is 10.0. The molecule has 2 aromatic heterocycles. The fourth-order valence-electron chi connectivity index (χ4n) is 3.08.